The first-order valence-corrected chi connectivity index (χ1v) is 7.76. The zero-order chi connectivity index (χ0) is 14.4. The molecule has 1 aliphatic rings. The van der Waals surface area contributed by atoms with Crippen LogP contribution >= 0.6 is 0 Å². The molecule has 0 spiro atoms. The lowest BCUT2D eigenvalue weighted by molar-refractivity contribution is 0.0648. The number of rotatable bonds is 5. The van der Waals surface area contributed by atoms with E-state index in [1.165, 1.54) is 19.3 Å². The van der Waals surface area contributed by atoms with Crippen LogP contribution in [0.5, 0.6) is 0 Å². The van der Waals surface area contributed by atoms with E-state index in [-0.39, 0.29) is 5.91 Å². The third kappa shape index (κ3) is 3.30. The Bertz CT molecular complexity index is 441. The fourth-order valence-corrected chi connectivity index (χ4v) is 3.02. The van der Waals surface area contributed by atoms with Crippen LogP contribution in [0.25, 0.3) is 0 Å². The molecule has 110 valence electrons. The predicted molar refractivity (Wildman–Crippen MR) is 82.0 cm³/mol. The zero-order valence-corrected chi connectivity index (χ0v) is 12.6. The highest BCUT2D eigenvalue weighted by Gasteiger charge is 2.26. The molecule has 0 saturated heterocycles. The van der Waals surface area contributed by atoms with Crippen molar-refractivity contribution in [3.05, 3.63) is 24.0 Å². The maximum Gasteiger partial charge on any atom is 0.257 e. The predicted octanol–water partition coefficient (Wildman–Crippen LogP) is 3.31. The molecule has 1 saturated carbocycles. The van der Waals surface area contributed by atoms with Gasteiger partial charge in [0.05, 0.1) is 11.3 Å². The van der Waals surface area contributed by atoms with Crippen LogP contribution < -0.4 is 5.32 Å². The minimum atomic E-state index is 0.114. The van der Waals surface area contributed by atoms with Gasteiger partial charge >= 0.3 is 0 Å². The third-order valence-electron chi connectivity index (χ3n) is 4.04. The van der Waals surface area contributed by atoms with Gasteiger partial charge in [-0.05, 0) is 32.8 Å². The number of nitrogens with zero attached hydrogens (tertiary/aromatic N) is 2. The number of carbonyl (C=O) groups excluding carboxylic acids is 1. The molecule has 4 heteroatoms. The van der Waals surface area contributed by atoms with Crippen LogP contribution in [0.1, 0.15) is 56.3 Å². The Morgan fingerprint density at radius 2 is 2.10 bits per heavy atom. The summed E-state index contributed by atoms with van der Waals surface area (Å²) in [6, 6.07) is 2.28. The monoisotopic (exact) mass is 275 g/mol. The first kappa shape index (κ1) is 14.8. The Labute approximate surface area is 121 Å². The van der Waals surface area contributed by atoms with Crippen molar-refractivity contribution in [3.63, 3.8) is 0 Å². The van der Waals surface area contributed by atoms with E-state index < -0.39 is 0 Å². The molecule has 1 amide bonds. The van der Waals surface area contributed by atoms with Crippen LogP contribution in [0.15, 0.2) is 18.5 Å². The average Bonchev–Trinajstić information content (AvgIpc) is 2.50. The van der Waals surface area contributed by atoms with Gasteiger partial charge in [0.1, 0.15) is 0 Å². The minimum Gasteiger partial charge on any atom is -0.385 e. The van der Waals surface area contributed by atoms with Gasteiger partial charge in [0.15, 0.2) is 0 Å². The molecule has 0 radical (unpaired) electrons. The van der Waals surface area contributed by atoms with E-state index in [0.717, 1.165) is 31.6 Å². The Morgan fingerprint density at radius 3 is 2.75 bits per heavy atom. The molecule has 0 aromatic carbocycles. The minimum absolute atomic E-state index is 0.114. The van der Waals surface area contributed by atoms with Gasteiger partial charge in [0.25, 0.3) is 5.91 Å². The van der Waals surface area contributed by atoms with E-state index in [1.807, 2.05) is 17.9 Å². The number of hydrogen-bond donors (Lipinski definition) is 1. The van der Waals surface area contributed by atoms with E-state index in [9.17, 15) is 4.79 Å². The van der Waals surface area contributed by atoms with Gasteiger partial charge in [-0.15, -0.1) is 0 Å². The van der Waals surface area contributed by atoms with Gasteiger partial charge < -0.3 is 10.2 Å². The van der Waals surface area contributed by atoms with Crippen molar-refractivity contribution in [1.29, 1.82) is 0 Å². The van der Waals surface area contributed by atoms with E-state index in [4.69, 9.17) is 0 Å². The summed E-state index contributed by atoms with van der Waals surface area (Å²) in [5, 5.41) is 3.25. The van der Waals surface area contributed by atoms with Gasteiger partial charge in [0, 0.05) is 31.5 Å². The Hall–Kier alpha value is -1.58. The van der Waals surface area contributed by atoms with E-state index >= 15 is 0 Å². The second-order valence-corrected chi connectivity index (χ2v) is 5.33. The molecule has 4 nitrogen and oxygen atoms in total. The SMILES string of the molecule is CCNc1ccncc1C(=O)N(CC)C1CCCCC1. The van der Waals surface area contributed by atoms with Gasteiger partial charge in [-0.25, -0.2) is 0 Å². The summed E-state index contributed by atoms with van der Waals surface area (Å²) < 4.78 is 0. The topological polar surface area (TPSA) is 45.2 Å². The quantitative estimate of drug-likeness (QED) is 0.896. The Balaban J connectivity index is 2.19. The summed E-state index contributed by atoms with van der Waals surface area (Å²) in [7, 11) is 0. The van der Waals surface area contributed by atoms with Crippen molar-refractivity contribution in [2.24, 2.45) is 0 Å². The largest absolute Gasteiger partial charge is 0.385 e. The van der Waals surface area contributed by atoms with Gasteiger partial charge in [-0.2, -0.15) is 0 Å². The summed E-state index contributed by atoms with van der Waals surface area (Å²) in [6.07, 6.45) is 9.46. The molecule has 1 aromatic rings. The summed E-state index contributed by atoms with van der Waals surface area (Å²) in [5.74, 6) is 0.114. The number of pyridine rings is 1. The maximum atomic E-state index is 12.8. The average molecular weight is 275 g/mol. The smallest absolute Gasteiger partial charge is 0.257 e. The van der Waals surface area contributed by atoms with E-state index in [1.54, 1.807) is 12.4 Å². The lowest BCUT2D eigenvalue weighted by atomic mass is 9.93. The lowest BCUT2D eigenvalue weighted by Crippen LogP contribution is -2.41. The maximum absolute atomic E-state index is 12.8. The highest BCUT2D eigenvalue weighted by atomic mass is 16.2. The van der Waals surface area contributed by atoms with Crippen LogP contribution in [0.4, 0.5) is 5.69 Å². The van der Waals surface area contributed by atoms with Crippen molar-refractivity contribution in [2.45, 2.75) is 52.0 Å². The van der Waals surface area contributed by atoms with Crippen molar-refractivity contribution < 1.29 is 4.79 Å². The summed E-state index contributed by atoms with van der Waals surface area (Å²) in [5.41, 5.74) is 1.59. The molecule has 1 heterocycles. The summed E-state index contributed by atoms with van der Waals surface area (Å²) in [6.45, 7) is 5.67. The fraction of sp³-hybridized carbons (Fsp3) is 0.625. The molecule has 0 unspecified atom stereocenters. The van der Waals surface area contributed by atoms with Crippen molar-refractivity contribution in [3.8, 4) is 0 Å². The molecule has 1 aliphatic carbocycles. The number of aromatic nitrogens is 1. The summed E-state index contributed by atoms with van der Waals surface area (Å²) >= 11 is 0. The first-order valence-electron chi connectivity index (χ1n) is 7.76. The van der Waals surface area contributed by atoms with Crippen LogP contribution in [0, 0.1) is 0 Å². The normalized spacial score (nSPS) is 15.9. The van der Waals surface area contributed by atoms with Gasteiger partial charge in [0.2, 0.25) is 0 Å². The van der Waals surface area contributed by atoms with Crippen LogP contribution in [0.3, 0.4) is 0 Å². The molecule has 1 aromatic heterocycles. The molecule has 20 heavy (non-hydrogen) atoms. The molecular weight excluding hydrogens is 250 g/mol. The molecule has 1 N–H and O–H groups in total. The number of nitrogens with one attached hydrogen (secondary N) is 1. The molecule has 2 rings (SSSR count). The second-order valence-electron chi connectivity index (χ2n) is 5.33. The van der Waals surface area contributed by atoms with E-state index in [0.29, 0.717) is 11.6 Å². The highest BCUT2D eigenvalue weighted by molar-refractivity contribution is 5.99. The van der Waals surface area contributed by atoms with Crippen molar-refractivity contribution >= 4 is 11.6 Å². The van der Waals surface area contributed by atoms with Crippen LogP contribution in [0.2, 0.25) is 0 Å². The number of carbonyl (C=O) groups is 1. The lowest BCUT2D eigenvalue weighted by Gasteiger charge is -2.34. The van der Waals surface area contributed by atoms with Gasteiger partial charge in [-0.3, -0.25) is 9.78 Å². The zero-order valence-electron chi connectivity index (χ0n) is 12.6. The standard InChI is InChI=1S/C16H25N3O/c1-3-18-15-10-11-17-12-14(15)16(20)19(4-2)13-8-6-5-7-9-13/h10-13H,3-9H2,1-2H3,(H,17,18). The van der Waals surface area contributed by atoms with Crippen LogP contribution in [-0.2, 0) is 0 Å². The molecule has 1 fully saturated rings. The Kier molecular flexibility index (Phi) is 5.39. The second kappa shape index (κ2) is 7.27. The highest BCUT2D eigenvalue weighted by Crippen LogP contribution is 2.25. The third-order valence-corrected chi connectivity index (χ3v) is 4.04. The van der Waals surface area contributed by atoms with E-state index in [2.05, 4.69) is 17.2 Å². The van der Waals surface area contributed by atoms with Crippen molar-refractivity contribution in [2.75, 3.05) is 18.4 Å². The van der Waals surface area contributed by atoms with Crippen LogP contribution in [-0.4, -0.2) is 34.9 Å². The van der Waals surface area contributed by atoms with Crippen molar-refractivity contribution in [1.82, 2.24) is 9.88 Å². The Morgan fingerprint density at radius 1 is 1.35 bits per heavy atom. The van der Waals surface area contributed by atoms with Gasteiger partial charge in [-0.1, -0.05) is 19.3 Å². The molecular formula is C16H25N3O. The summed E-state index contributed by atoms with van der Waals surface area (Å²) in [4.78, 5) is 19.0. The number of anilines is 1. The molecule has 0 bridgehead atoms. The molecule has 0 atom stereocenters. The first-order chi connectivity index (χ1) is 9.77. The number of hydrogen-bond acceptors (Lipinski definition) is 3. The number of amides is 1. The molecule has 0 aliphatic heterocycles. The fourth-order valence-electron chi connectivity index (χ4n) is 3.02.